The van der Waals surface area contributed by atoms with Crippen LogP contribution in [0.2, 0.25) is 10.0 Å². The van der Waals surface area contributed by atoms with Crippen molar-refractivity contribution in [3.05, 3.63) is 94.0 Å². The zero-order valence-corrected chi connectivity index (χ0v) is 16.5. The smallest absolute Gasteiger partial charge is 0.0952 e. The molecule has 1 aliphatic rings. The Morgan fingerprint density at radius 2 is 1.70 bits per heavy atom. The number of ether oxygens (including phenoxy) is 1. The van der Waals surface area contributed by atoms with Crippen molar-refractivity contribution in [3.63, 3.8) is 0 Å². The van der Waals surface area contributed by atoms with Gasteiger partial charge < -0.3 is 4.74 Å². The van der Waals surface area contributed by atoms with Gasteiger partial charge in [0.2, 0.25) is 0 Å². The Morgan fingerprint density at radius 3 is 2.48 bits per heavy atom. The van der Waals surface area contributed by atoms with Gasteiger partial charge in [0.25, 0.3) is 0 Å². The highest BCUT2D eigenvalue weighted by Crippen LogP contribution is 2.31. The highest BCUT2D eigenvalue weighted by Gasteiger charge is 2.21. The van der Waals surface area contributed by atoms with E-state index < -0.39 is 0 Å². The lowest BCUT2D eigenvalue weighted by molar-refractivity contribution is -0.0329. The number of hydrogen-bond acceptors (Lipinski definition) is 2. The topological polar surface area (TPSA) is 12.5 Å². The van der Waals surface area contributed by atoms with Crippen LogP contribution in [-0.2, 0) is 11.3 Å². The summed E-state index contributed by atoms with van der Waals surface area (Å²) in [6.07, 6.45) is 0.143. The predicted octanol–water partition coefficient (Wildman–Crippen LogP) is 6.23. The zero-order chi connectivity index (χ0) is 18.6. The summed E-state index contributed by atoms with van der Waals surface area (Å²) < 4.78 is 5.96. The fourth-order valence-electron chi connectivity index (χ4n) is 3.48. The molecule has 3 aromatic carbocycles. The number of halogens is 2. The van der Waals surface area contributed by atoms with Crippen molar-refractivity contribution in [3.8, 4) is 11.1 Å². The fraction of sp³-hybridized carbons (Fsp3) is 0.217. The molecule has 2 nitrogen and oxygen atoms in total. The predicted molar refractivity (Wildman–Crippen MR) is 112 cm³/mol. The van der Waals surface area contributed by atoms with E-state index in [4.69, 9.17) is 27.9 Å². The molecule has 1 unspecified atom stereocenters. The maximum Gasteiger partial charge on any atom is 0.0952 e. The molecule has 0 aliphatic carbocycles. The van der Waals surface area contributed by atoms with Gasteiger partial charge in [-0.2, -0.15) is 0 Å². The number of benzene rings is 3. The van der Waals surface area contributed by atoms with Gasteiger partial charge in [0.05, 0.1) is 12.7 Å². The van der Waals surface area contributed by atoms with E-state index in [0.29, 0.717) is 10.0 Å². The Kier molecular flexibility index (Phi) is 5.80. The number of morpholine rings is 1. The number of rotatable bonds is 4. The van der Waals surface area contributed by atoms with E-state index in [0.717, 1.165) is 37.4 Å². The van der Waals surface area contributed by atoms with Crippen molar-refractivity contribution < 1.29 is 4.74 Å². The highest BCUT2D eigenvalue weighted by molar-refractivity contribution is 6.35. The molecule has 0 spiro atoms. The zero-order valence-electron chi connectivity index (χ0n) is 14.9. The Bertz CT molecular complexity index is 896. The summed E-state index contributed by atoms with van der Waals surface area (Å²) in [5, 5.41) is 1.41. The van der Waals surface area contributed by atoms with Crippen LogP contribution in [0.1, 0.15) is 17.2 Å². The SMILES string of the molecule is Clc1ccc(Cl)c(-c2ccc(CN3CCOC(c4ccccc4)C3)cc2)c1. The Morgan fingerprint density at radius 1 is 0.926 bits per heavy atom. The lowest BCUT2D eigenvalue weighted by Gasteiger charge is -2.33. The minimum atomic E-state index is 0.143. The van der Waals surface area contributed by atoms with Crippen LogP contribution in [0.5, 0.6) is 0 Å². The minimum Gasteiger partial charge on any atom is -0.371 e. The molecule has 4 rings (SSSR count). The maximum atomic E-state index is 6.32. The van der Waals surface area contributed by atoms with Crippen molar-refractivity contribution >= 4 is 23.2 Å². The van der Waals surface area contributed by atoms with Crippen molar-refractivity contribution in [1.29, 1.82) is 0 Å². The van der Waals surface area contributed by atoms with E-state index in [2.05, 4.69) is 53.4 Å². The van der Waals surface area contributed by atoms with Gasteiger partial charge in [-0.3, -0.25) is 4.90 Å². The molecule has 0 amide bonds. The number of nitrogens with zero attached hydrogens (tertiary/aromatic N) is 1. The van der Waals surface area contributed by atoms with Gasteiger partial charge in [-0.05, 0) is 34.9 Å². The molecule has 3 aromatic rings. The van der Waals surface area contributed by atoms with E-state index >= 15 is 0 Å². The lowest BCUT2D eigenvalue weighted by atomic mass is 10.0. The third-order valence-electron chi connectivity index (χ3n) is 4.92. The molecule has 138 valence electrons. The van der Waals surface area contributed by atoms with E-state index in [-0.39, 0.29) is 6.10 Å². The molecule has 1 fully saturated rings. The van der Waals surface area contributed by atoms with Gasteiger partial charge in [0.15, 0.2) is 0 Å². The molecule has 1 atom stereocenters. The molecule has 0 bridgehead atoms. The summed E-state index contributed by atoms with van der Waals surface area (Å²) in [5.41, 5.74) is 4.57. The van der Waals surface area contributed by atoms with Crippen LogP contribution in [0.15, 0.2) is 72.8 Å². The normalized spacial score (nSPS) is 17.8. The summed E-state index contributed by atoms with van der Waals surface area (Å²) in [7, 11) is 0. The molecular formula is C23H21Cl2NO. The summed E-state index contributed by atoms with van der Waals surface area (Å²) in [5.74, 6) is 0. The van der Waals surface area contributed by atoms with Crippen LogP contribution < -0.4 is 0 Å². The molecule has 1 saturated heterocycles. The van der Waals surface area contributed by atoms with Gasteiger partial charge >= 0.3 is 0 Å². The Hall–Kier alpha value is -1.84. The van der Waals surface area contributed by atoms with Gasteiger partial charge in [0.1, 0.15) is 0 Å². The summed E-state index contributed by atoms with van der Waals surface area (Å²) >= 11 is 12.4. The van der Waals surface area contributed by atoms with E-state index in [9.17, 15) is 0 Å². The molecule has 0 radical (unpaired) electrons. The Balaban J connectivity index is 1.44. The first-order valence-corrected chi connectivity index (χ1v) is 9.88. The summed E-state index contributed by atoms with van der Waals surface area (Å²) in [4.78, 5) is 2.45. The van der Waals surface area contributed by atoms with E-state index in [1.165, 1.54) is 11.1 Å². The molecule has 27 heavy (non-hydrogen) atoms. The maximum absolute atomic E-state index is 6.32. The van der Waals surface area contributed by atoms with Crippen LogP contribution in [0.25, 0.3) is 11.1 Å². The van der Waals surface area contributed by atoms with Crippen LogP contribution in [0.3, 0.4) is 0 Å². The minimum absolute atomic E-state index is 0.143. The molecular weight excluding hydrogens is 377 g/mol. The van der Waals surface area contributed by atoms with Gasteiger partial charge in [-0.25, -0.2) is 0 Å². The molecule has 4 heteroatoms. The Labute approximate surface area is 170 Å². The second kappa shape index (κ2) is 8.45. The monoisotopic (exact) mass is 397 g/mol. The molecule has 1 aliphatic heterocycles. The standard InChI is InChI=1S/C23H21Cl2NO/c24-20-10-11-22(25)21(14-20)18-8-6-17(7-9-18)15-26-12-13-27-23(16-26)19-4-2-1-3-5-19/h1-11,14,23H,12-13,15-16H2. The molecule has 0 aromatic heterocycles. The van der Waals surface area contributed by atoms with Gasteiger partial charge in [-0.15, -0.1) is 0 Å². The van der Waals surface area contributed by atoms with Crippen molar-refractivity contribution in [2.45, 2.75) is 12.6 Å². The van der Waals surface area contributed by atoms with Gasteiger partial charge in [-0.1, -0.05) is 77.8 Å². The molecule has 0 N–H and O–H groups in total. The van der Waals surface area contributed by atoms with Gasteiger partial charge in [0, 0.05) is 35.2 Å². The average Bonchev–Trinajstić information content (AvgIpc) is 2.71. The molecule has 0 saturated carbocycles. The lowest BCUT2D eigenvalue weighted by Crippen LogP contribution is -2.37. The van der Waals surface area contributed by atoms with Crippen LogP contribution >= 0.6 is 23.2 Å². The van der Waals surface area contributed by atoms with E-state index in [1.807, 2.05) is 24.3 Å². The second-order valence-corrected chi connectivity index (χ2v) is 7.67. The first-order chi connectivity index (χ1) is 13.2. The number of hydrogen-bond donors (Lipinski definition) is 0. The van der Waals surface area contributed by atoms with E-state index in [1.54, 1.807) is 0 Å². The summed E-state index contributed by atoms with van der Waals surface area (Å²) in [6, 6.07) is 24.6. The van der Waals surface area contributed by atoms with Crippen LogP contribution in [-0.4, -0.2) is 24.6 Å². The van der Waals surface area contributed by atoms with Crippen LogP contribution in [0, 0.1) is 0 Å². The van der Waals surface area contributed by atoms with Crippen molar-refractivity contribution in [2.24, 2.45) is 0 Å². The largest absolute Gasteiger partial charge is 0.371 e. The average molecular weight is 398 g/mol. The fourth-order valence-corrected chi connectivity index (χ4v) is 3.88. The second-order valence-electron chi connectivity index (χ2n) is 6.83. The van der Waals surface area contributed by atoms with Crippen LogP contribution in [0.4, 0.5) is 0 Å². The quantitative estimate of drug-likeness (QED) is 0.516. The first kappa shape index (κ1) is 18.5. The third-order valence-corrected chi connectivity index (χ3v) is 5.49. The summed E-state index contributed by atoms with van der Waals surface area (Å²) in [6.45, 7) is 3.53. The van der Waals surface area contributed by atoms with Crippen molar-refractivity contribution in [2.75, 3.05) is 19.7 Å². The van der Waals surface area contributed by atoms with Crippen molar-refractivity contribution in [1.82, 2.24) is 4.90 Å². The first-order valence-electron chi connectivity index (χ1n) is 9.12. The third kappa shape index (κ3) is 4.53. The molecule has 1 heterocycles. The highest BCUT2D eigenvalue weighted by atomic mass is 35.5.